The second-order valence-corrected chi connectivity index (χ2v) is 6.00. The van der Waals surface area contributed by atoms with Gasteiger partial charge in [-0.05, 0) is 11.6 Å². The zero-order chi connectivity index (χ0) is 15.7. The van der Waals surface area contributed by atoms with Gasteiger partial charge in [0.1, 0.15) is 5.65 Å². The molecule has 0 unspecified atom stereocenters. The number of benzene rings is 1. The van der Waals surface area contributed by atoms with E-state index in [4.69, 9.17) is 0 Å². The molecule has 22 heavy (non-hydrogen) atoms. The number of rotatable bonds is 3. The van der Waals surface area contributed by atoms with Crippen molar-refractivity contribution in [1.82, 2.24) is 14.1 Å². The third-order valence-electron chi connectivity index (χ3n) is 3.54. The Bertz CT molecular complexity index is 945. The van der Waals surface area contributed by atoms with Gasteiger partial charge in [0.05, 0.1) is 5.39 Å². The molecule has 6 heteroatoms. The van der Waals surface area contributed by atoms with Crippen LogP contribution in [0.5, 0.6) is 0 Å². The number of aryl methyl sites for hydroxylation is 1. The number of aromatic nitrogens is 3. The van der Waals surface area contributed by atoms with Crippen LogP contribution in [0.25, 0.3) is 11.0 Å². The molecule has 0 aliphatic rings. The Kier molecular flexibility index (Phi) is 3.85. The van der Waals surface area contributed by atoms with Crippen LogP contribution in [0.4, 0.5) is 0 Å². The quantitative estimate of drug-likeness (QED) is 0.693. The van der Waals surface area contributed by atoms with Crippen LogP contribution in [0.1, 0.15) is 5.56 Å². The number of hydrogen-bond donors (Lipinski definition) is 0. The topological polar surface area (TPSA) is 56.9 Å². The minimum Gasteiger partial charge on any atom is -0.280 e. The van der Waals surface area contributed by atoms with Gasteiger partial charge in [-0.2, -0.15) is 0 Å². The average Bonchev–Trinajstić information content (AvgIpc) is 2.56. The van der Waals surface area contributed by atoms with Crippen LogP contribution < -0.4 is 11.2 Å². The van der Waals surface area contributed by atoms with Gasteiger partial charge in [-0.15, -0.1) is 11.8 Å². The smallest absolute Gasteiger partial charge is 0.280 e. The molecule has 0 amide bonds. The van der Waals surface area contributed by atoms with Gasteiger partial charge in [-0.25, -0.2) is 9.78 Å². The Hall–Kier alpha value is -2.34. The zero-order valence-corrected chi connectivity index (χ0v) is 13.1. The van der Waals surface area contributed by atoms with Crippen LogP contribution in [-0.2, 0) is 19.8 Å². The number of fused-ring (bicyclic) bond motifs is 1. The average molecular weight is 313 g/mol. The monoisotopic (exact) mass is 313 g/mol. The summed E-state index contributed by atoms with van der Waals surface area (Å²) in [7, 11) is 3.12. The van der Waals surface area contributed by atoms with E-state index in [-0.39, 0.29) is 11.2 Å². The molecule has 3 rings (SSSR count). The van der Waals surface area contributed by atoms with E-state index in [1.165, 1.54) is 17.2 Å². The fourth-order valence-corrected chi connectivity index (χ4v) is 3.31. The second-order valence-electron chi connectivity index (χ2n) is 4.99. The molecule has 3 aromatic rings. The van der Waals surface area contributed by atoms with Crippen molar-refractivity contribution in [2.24, 2.45) is 14.1 Å². The lowest BCUT2D eigenvalue weighted by atomic mass is 10.2. The van der Waals surface area contributed by atoms with E-state index >= 15 is 0 Å². The lowest BCUT2D eigenvalue weighted by Crippen LogP contribution is -2.37. The largest absolute Gasteiger partial charge is 0.332 e. The molecule has 2 heterocycles. The van der Waals surface area contributed by atoms with Crippen molar-refractivity contribution < 1.29 is 0 Å². The fourth-order valence-electron chi connectivity index (χ4n) is 2.31. The van der Waals surface area contributed by atoms with Gasteiger partial charge in [0.2, 0.25) is 0 Å². The van der Waals surface area contributed by atoms with E-state index in [1.54, 1.807) is 25.0 Å². The van der Waals surface area contributed by atoms with Gasteiger partial charge in [-0.1, -0.05) is 30.3 Å². The summed E-state index contributed by atoms with van der Waals surface area (Å²) in [5, 5.41) is 0.494. The molecule has 1 aromatic carbocycles. The van der Waals surface area contributed by atoms with Crippen LogP contribution in [0.2, 0.25) is 0 Å². The van der Waals surface area contributed by atoms with Crippen molar-refractivity contribution in [3.8, 4) is 0 Å². The third-order valence-corrected chi connectivity index (χ3v) is 4.67. The lowest BCUT2D eigenvalue weighted by molar-refractivity contribution is 0.706. The number of pyridine rings is 1. The molecule has 0 bridgehead atoms. The van der Waals surface area contributed by atoms with Gasteiger partial charge in [0, 0.05) is 30.9 Å². The molecule has 0 saturated carbocycles. The van der Waals surface area contributed by atoms with Gasteiger partial charge in [0.25, 0.3) is 5.56 Å². The third kappa shape index (κ3) is 2.46. The van der Waals surface area contributed by atoms with E-state index in [0.29, 0.717) is 11.0 Å². The lowest BCUT2D eigenvalue weighted by Gasteiger charge is -2.10. The first-order chi connectivity index (χ1) is 10.6. The first-order valence-corrected chi connectivity index (χ1v) is 7.79. The van der Waals surface area contributed by atoms with E-state index in [9.17, 15) is 9.59 Å². The maximum absolute atomic E-state index is 12.4. The summed E-state index contributed by atoms with van der Waals surface area (Å²) >= 11 is 1.57. The first-order valence-electron chi connectivity index (χ1n) is 6.81. The molecule has 0 fully saturated rings. The Morgan fingerprint density at radius 3 is 2.50 bits per heavy atom. The Balaban J connectivity index is 2.11. The summed E-state index contributed by atoms with van der Waals surface area (Å²) < 4.78 is 2.53. The predicted octanol–water partition coefficient (Wildman–Crippen LogP) is 1.92. The maximum atomic E-state index is 12.4. The van der Waals surface area contributed by atoms with E-state index in [0.717, 1.165) is 15.2 Å². The molecule has 0 atom stereocenters. The summed E-state index contributed by atoms with van der Waals surface area (Å²) in [6, 6.07) is 11.9. The van der Waals surface area contributed by atoms with Crippen LogP contribution >= 0.6 is 11.8 Å². The molecule has 0 N–H and O–H groups in total. The van der Waals surface area contributed by atoms with Crippen molar-refractivity contribution in [3.05, 3.63) is 69.0 Å². The summed E-state index contributed by atoms with van der Waals surface area (Å²) in [6.45, 7) is 0. The van der Waals surface area contributed by atoms with Gasteiger partial charge in [-0.3, -0.25) is 13.9 Å². The molecule has 0 radical (unpaired) electrons. The van der Waals surface area contributed by atoms with Crippen LogP contribution in [0, 0.1) is 0 Å². The van der Waals surface area contributed by atoms with Crippen molar-refractivity contribution >= 4 is 22.8 Å². The molecule has 0 aliphatic carbocycles. The maximum Gasteiger partial charge on any atom is 0.332 e. The highest BCUT2D eigenvalue weighted by Gasteiger charge is 2.13. The summed E-state index contributed by atoms with van der Waals surface area (Å²) in [4.78, 5) is 29.4. The first kappa shape index (κ1) is 14.6. The SMILES string of the molecule is Cn1c(=O)c2c(SCc3ccccc3)ccnc2n(C)c1=O. The highest BCUT2D eigenvalue weighted by Crippen LogP contribution is 2.26. The molecule has 5 nitrogen and oxygen atoms in total. The molecule has 2 aromatic heterocycles. The van der Waals surface area contributed by atoms with Crippen molar-refractivity contribution in [2.45, 2.75) is 10.6 Å². The van der Waals surface area contributed by atoms with Crippen LogP contribution in [0.3, 0.4) is 0 Å². The Morgan fingerprint density at radius 1 is 1.05 bits per heavy atom. The van der Waals surface area contributed by atoms with E-state index < -0.39 is 0 Å². The van der Waals surface area contributed by atoms with Crippen LogP contribution in [0.15, 0.2) is 57.1 Å². The molecular formula is C16H15N3O2S. The fraction of sp³-hybridized carbons (Fsp3) is 0.188. The van der Waals surface area contributed by atoms with Crippen molar-refractivity contribution in [1.29, 1.82) is 0 Å². The highest BCUT2D eigenvalue weighted by molar-refractivity contribution is 7.98. The summed E-state index contributed by atoms with van der Waals surface area (Å²) in [5.41, 5.74) is 0.933. The molecule has 0 saturated heterocycles. The Morgan fingerprint density at radius 2 is 1.77 bits per heavy atom. The Labute approximate surface area is 131 Å². The summed E-state index contributed by atoms with van der Waals surface area (Å²) in [6.07, 6.45) is 1.63. The van der Waals surface area contributed by atoms with Crippen LogP contribution in [-0.4, -0.2) is 14.1 Å². The number of nitrogens with zero attached hydrogens (tertiary/aromatic N) is 3. The standard InChI is InChI=1S/C16H15N3O2S/c1-18-14-13(15(20)19(2)16(18)21)12(8-9-17-14)22-10-11-6-4-3-5-7-11/h3-9H,10H2,1-2H3. The number of thioether (sulfide) groups is 1. The van der Waals surface area contributed by atoms with Gasteiger partial charge in [0.15, 0.2) is 0 Å². The molecule has 0 aliphatic heterocycles. The predicted molar refractivity (Wildman–Crippen MR) is 88.2 cm³/mol. The minimum absolute atomic E-state index is 0.304. The van der Waals surface area contributed by atoms with E-state index in [1.807, 2.05) is 36.4 Å². The van der Waals surface area contributed by atoms with Gasteiger partial charge >= 0.3 is 5.69 Å². The molecule has 112 valence electrons. The molecule has 0 spiro atoms. The van der Waals surface area contributed by atoms with Crippen molar-refractivity contribution in [2.75, 3.05) is 0 Å². The second kappa shape index (κ2) is 5.81. The number of hydrogen-bond acceptors (Lipinski definition) is 4. The van der Waals surface area contributed by atoms with Crippen molar-refractivity contribution in [3.63, 3.8) is 0 Å². The highest BCUT2D eigenvalue weighted by atomic mass is 32.2. The molecular weight excluding hydrogens is 298 g/mol. The minimum atomic E-state index is -0.366. The van der Waals surface area contributed by atoms with E-state index in [2.05, 4.69) is 4.98 Å². The zero-order valence-electron chi connectivity index (χ0n) is 12.3. The van der Waals surface area contributed by atoms with Gasteiger partial charge < -0.3 is 0 Å². The summed E-state index contributed by atoms with van der Waals surface area (Å²) in [5.74, 6) is 0.756. The normalized spacial score (nSPS) is 11.0.